The van der Waals surface area contributed by atoms with Crippen LogP contribution in [0, 0.1) is 11.8 Å². The van der Waals surface area contributed by atoms with Gasteiger partial charge in [0.05, 0.1) is 0 Å². The predicted octanol–water partition coefficient (Wildman–Crippen LogP) is 1.49. The van der Waals surface area contributed by atoms with Crippen molar-refractivity contribution < 1.29 is 0 Å². The summed E-state index contributed by atoms with van der Waals surface area (Å²) in [7, 11) is 0. The Morgan fingerprint density at radius 1 is 1.60 bits per heavy atom. The highest BCUT2D eigenvalue weighted by molar-refractivity contribution is 7.07. The Bertz CT molecular complexity index is 434. The van der Waals surface area contributed by atoms with Crippen molar-refractivity contribution in [1.82, 2.24) is 10.3 Å². The summed E-state index contributed by atoms with van der Waals surface area (Å²) in [5.74, 6) is 1.64. The minimum absolute atomic E-state index is 0.0408. The van der Waals surface area contributed by atoms with Crippen LogP contribution in [0.1, 0.15) is 18.5 Å². The summed E-state index contributed by atoms with van der Waals surface area (Å²) >= 11 is 1.24. The van der Waals surface area contributed by atoms with Gasteiger partial charge in [0.15, 0.2) is 0 Å². The largest absolute Gasteiger partial charge is 0.315 e. The van der Waals surface area contributed by atoms with Crippen molar-refractivity contribution in [2.45, 2.75) is 25.4 Å². The van der Waals surface area contributed by atoms with Crippen LogP contribution in [-0.2, 0) is 6.54 Å². The minimum Gasteiger partial charge on any atom is -0.315 e. The van der Waals surface area contributed by atoms with Crippen molar-refractivity contribution in [2.75, 3.05) is 0 Å². The quantitative estimate of drug-likeness (QED) is 0.761. The molecule has 1 aromatic heterocycles. The predicted molar refractivity (Wildman–Crippen MR) is 60.9 cm³/mol. The van der Waals surface area contributed by atoms with Gasteiger partial charge in [0.1, 0.15) is 0 Å². The Kier molecular flexibility index (Phi) is 2.25. The number of nitrogens with one attached hydrogen (secondary N) is 2. The highest BCUT2D eigenvalue weighted by atomic mass is 32.1. The van der Waals surface area contributed by atoms with E-state index in [-0.39, 0.29) is 4.87 Å². The topological polar surface area (TPSA) is 44.9 Å². The molecule has 3 atom stereocenters. The van der Waals surface area contributed by atoms with Gasteiger partial charge in [-0.05, 0) is 24.7 Å². The van der Waals surface area contributed by atoms with Gasteiger partial charge in [0, 0.05) is 23.7 Å². The molecular formula is C11H14N2OS. The number of fused-ring (bicyclic) bond motifs is 1. The van der Waals surface area contributed by atoms with Gasteiger partial charge in [-0.25, -0.2) is 0 Å². The molecule has 15 heavy (non-hydrogen) atoms. The molecule has 2 aliphatic rings. The summed E-state index contributed by atoms with van der Waals surface area (Å²) in [6, 6.07) is 0.622. The summed E-state index contributed by atoms with van der Waals surface area (Å²) in [6.07, 6.45) is 7.18. The molecule has 80 valence electrons. The first kappa shape index (κ1) is 9.36. The molecule has 1 heterocycles. The maximum atomic E-state index is 10.9. The van der Waals surface area contributed by atoms with Gasteiger partial charge in [-0.2, -0.15) is 0 Å². The molecule has 3 nitrogen and oxygen atoms in total. The van der Waals surface area contributed by atoms with E-state index in [0.29, 0.717) is 6.04 Å². The second kappa shape index (κ2) is 3.61. The molecule has 3 unspecified atom stereocenters. The highest BCUT2D eigenvalue weighted by Gasteiger charge is 2.40. The van der Waals surface area contributed by atoms with Crippen molar-refractivity contribution in [3.63, 3.8) is 0 Å². The van der Waals surface area contributed by atoms with E-state index in [2.05, 4.69) is 22.5 Å². The lowest BCUT2D eigenvalue weighted by Gasteiger charge is -2.40. The smallest absolute Gasteiger partial charge is 0.304 e. The molecule has 1 aromatic rings. The van der Waals surface area contributed by atoms with Gasteiger partial charge in [-0.1, -0.05) is 23.5 Å². The fourth-order valence-electron chi connectivity index (χ4n) is 2.59. The Labute approximate surface area is 92.2 Å². The lowest BCUT2D eigenvalue weighted by molar-refractivity contribution is 0.162. The zero-order valence-corrected chi connectivity index (χ0v) is 9.22. The molecule has 0 aliphatic heterocycles. The van der Waals surface area contributed by atoms with E-state index in [1.807, 2.05) is 5.38 Å². The van der Waals surface area contributed by atoms with Crippen molar-refractivity contribution in [3.8, 4) is 0 Å². The van der Waals surface area contributed by atoms with Crippen LogP contribution >= 0.6 is 11.3 Å². The SMILES string of the molecule is O=c1[nH]c(CNC2CC3CC=CC32)cs1. The molecule has 1 saturated carbocycles. The number of aromatic nitrogens is 1. The third kappa shape index (κ3) is 1.68. The first-order chi connectivity index (χ1) is 7.33. The number of allylic oxidation sites excluding steroid dienone is 1. The van der Waals surface area contributed by atoms with E-state index in [1.54, 1.807) is 0 Å². The first-order valence-corrected chi connectivity index (χ1v) is 6.27. The number of aromatic amines is 1. The number of hydrogen-bond acceptors (Lipinski definition) is 3. The Morgan fingerprint density at radius 2 is 2.53 bits per heavy atom. The summed E-state index contributed by atoms with van der Waals surface area (Å²) in [5.41, 5.74) is 1.01. The Balaban J connectivity index is 1.55. The molecule has 0 saturated heterocycles. The molecule has 0 bridgehead atoms. The molecular weight excluding hydrogens is 208 g/mol. The van der Waals surface area contributed by atoms with Gasteiger partial charge in [-0.3, -0.25) is 4.79 Å². The molecule has 1 fully saturated rings. The van der Waals surface area contributed by atoms with E-state index < -0.39 is 0 Å². The molecule has 2 aliphatic carbocycles. The third-order valence-electron chi connectivity index (χ3n) is 3.49. The van der Waals surface area contributed by atoms with Crippen LogP contribution in [-0.4, -0.2) is 11.0 Å². The molecule has 0 aromatic carbocycles. The number of hydrogen-bond donors (Lipinski definition) is 2. The molecule has 0 spiro atoms. The molecule has 2 N–H and O–H groups in total. The van der Waals surface area contributed by atoms with Crippen molar-refractivity contribution in [3.05, 3.63) is 32.9 Å². The van der Waals surface area contributed by atoms with Crippen LogP contribution in [0.25, 0.3) is 0 Å². The average molecular weight is 222 g/mol. The second-order valence-corrected chi connectivity index (χ2v) is 5.24. The first-order valence-electron chi connectivity index (χ1n) is 5.39. The zero-order valence-electron chi connectivity index (χ0n) is 8.40. The molecule has 3 rings (SSSR count). The van der Waals surface area contributed by atoms with Gasteiger partial charge in [-0.15, -0.1) is 0 Å². The zero-order chi connectivity index (χ0) is 10.3. The van der Waals surface area contributed by atoms with Crippen molar-refractivity contribution in [1.29, 1.82) is 0 Å². The van der Waals surface area contributed by atoms with Crippen LogP contribution in [0.4, 0.5) is 0 Å². The van der Waals surface area contributed by atoms with Crippen molar-refractivity contribution >= 4 is 11.3 Å². The standard InChI is InChI=1S/C11H14N2OS/c14-11-13-8(6-15-11)5-12-10-4-7-2-1-3-9(7)10/h1,3,6-7,9-10,12H,2,4-5H2,(H,13,14). The Hall–Kier alpha value is -0.870. The highest BCUT2D eigenvalue weighted by Crippen LogP contribution is 2.42. The summed E-state index contributed by atoms with van der Waals surface area (Å²) < 4.78 is 0. The van der Waals surface area contributed by atoms with Gasteiger partial charge < -0.3 is 10.3 Å². The normalized spacial score (nSPS) is 32.7. The fraction of sp³-hybridized carbons (Fsp3) is 0.545. The summed E-state index contributed by atoms with van der Waals surface area (Å²) in [6.45, 7) is 0.792. The van der Waals surface area contributed by atoms with Crippen LogP contribution in [0.5, 0.6) is 0 Å². The van der Waals surface area contributed by atoms with E-state index >= 15 is 0 Å². The van der Waals surface area contributed by atoms with E-state index in [4.69, 9.17) is 0 Å². The average Bonchev–Trinajstić information content (AvgIpc) is 2.75. The summed E-state index contributed by atoms with van der Waals surface area (Å²) in [5, 5.41) is 5.40. The third-order valence-corrected chi connectivity index (χ3v) is 4.21. The maximum Gasteiger partial charge on any atom is 0.304 e. The van der Waals surface area contributed by atoms with Crippen LogP contribution in [0.2, 0.25) is 0 Å². The lowest BCUT2D eigenvalue weighted by Crippen LogP contribution is -2.47. The van der Waals surface area contributed by atoms with E-state index in [9.17, 15) is 4.79 Å². The van der Waals surface area contributed by atoms with Gasteiger partial charge >= 0.3 is 4.87 Å². The summed E-state index contributed by atoms with van der Waals surface area (Å²) in [4.78, 5) is 13.8. The van der Waals surface area contributed by atoms with Crippen LogP contribution < -0.4 is 10.2 Å². The maximum absolute atomic E-state index is 10.9. The molecule has 0 amide bonds. The number of thiazole rings is 1. The van der Waals surface area contributed by atoms with Gasteiger partial charge in [0.2, 0.25) is 0 Å². The monoisotopic (exact) mass is 222 g/mol. The fourth-order valence-corrected chi connectivity index (χ4v) is 3.17. The Morgan fingerprint density at radius 3 is 3.27 bits per heavy atom. The van der Waals surface area contributed by atoms with E-state index in [1.165, 1.54) is 24.2 Å². The number of H-pyrrole nitrogens is 1. The van der Waals surface area contributed by atoms with E-state index in [0.717, 1.165) is 24.1 Å². The van der Waals surface area contributed by atoms with Crippen molar-refractivity contribution in [2.24, 2.45) is 11.8 Å². The van der Waals surface area contributed by atoms with Crippen LogP contribution in [0.3, 0.4) is 0 Å². The van der Waals surface area contributed by atoms with Gasteiger partial charge in [0.25, 0.3) is 0 Å². The molecule has 0 radical (unpaired) electrons. The minimum atomic E-state index is 0.0408. The van der Waals surface area contributed by atoms with Crippen LogP contribution in [0.15, 0.2) is 22.3 Å². The lowest BCUT2D eigenvalue weighted by atomic mass is 9.71. The number of rotatable bonds is 3. The molecule has 4 heteroatoms. The second-order valence-electron chi connectivity index (χ2n) is 4.40.